The molecule has 1 aromatic heterocycles. The van der Waals surface area contributed by atoms with Crippen LogP contribution in [0.3, 0.4) is 0 Å². The smallest absolute Gasteiger partial charge is 0.306 e. The van der Waals surface area contributed by atoms with Crippen molar-refractivity contribution in [3.8, 4) is 0 Å². The van der Waals surface area contributed by atoms with Crippen molar-refractivity contribution in [2.24, 2.45) is 17.3 Å². The summed E-state index contributed by atoms with van der Waals surface area (Å²) in [4.78, 5) is 15.7. The molecule has 0 bridgehead atoms. The highest BCUT2D eigenvalue weighted by Gasteiger charge is 2.56. The van der Waals surface area contributed by atoms with Crippen molar-refractivity contribution >= 4 is 16.9 Å². The van der Waals surface area contributed by atoms with Gasteiger partial charge in [0.25, 0.3) is 0 Å². The van der Waals surface area contributed by atoms with Crippen molar-refractivity contribution in [2.45, 2.75) is 83.7 Å². The summed E-state index contributed by atoms with van der Waals surface area (Å²) in [6.45, 7) is 4.55. The van der Waals surface area contributed by atoms with Gasteiger partial charge < -0.3 is 9.72 Å². The van der Waals surface area contributed by atoms with Crippen LogP contribution in [0.15, 0.2) is 24.4 Å². The highest BCUT2D eigenvalue weighted by atomic mass is 16.5. The Bertz CT molecular complexity index is 884. The molecule has 0 aliphatic heterocycles. The lowest BCUT2D eigenvalue weighted by atomic mass is 9.55. The predicted octanol–water partition coefficient (Wildman–Crippen LogP) is 6.13. The summed E-state index contributed by atoms with van der Waals surface area (Å²) >= 11 is 0. The third-order valence-electron chi connectivity index (χ3n) is 8.37. The van der Waals surface area contributed by atoms with Crippen LogP contribution in [0.2, 0.25) is 0 Å². The second kappa shape index (κ2) is 6.93. The van der Waals surface area contributed by atoms with Crippen molar-refractivity contribution in [3.05, 3.63) is 35.5 Å². The average molecular weight is 380 g/mol. The minimum absolute atomic E-state index is 0.0275. The maximum Gasteiger partial charge on any atom is 0.306 e. The van der Waals surface area contributed by atoms with Crippen LogP contribution in [-0.4, -0.2) is 17.1 Å². The lowest BCUT2D eigenvalue weighted by Gasteiger charge is -2.50. The highest BCUT2D eigenvalue weighted by Crippen LogP contribution is 2.61. The molecule has 3 unspecified atom stereocenters. The minimum atomic E-state index is 0.0275. The summed E-state index contributed by atoms with van der Waals surface area (Å²) in [6, 6.07) is 6.92. The van der Waals surface area contributed by atoms with E-state index in [0.717, 1.165) is 25.2 Å². The molecular weight excluding hydrogens is 346 g/mol. The number of rotatable bonds is 4. The van der Waals surface area contributed by atoms with Crippen molar-refractivity contribution in [3.63, 3.8) is 0 Å². The Morgan fingerprint density at radius 3 is 2.96 bits per heavy atom. The van der Waals surface area contributed by atoms with Crippen LogP contribution in [0.5, 0.6) is 0 Å². The first kappa shape index (κ1) is 18.3. The number of hydrogen-bond donors (Lipinski definition) is 1. The number of benzene rings is 1. The monoisotopic (exact) mass is 379 g/mol. The molecule has 5 atom stereocenters. The third-order valence-corrected chi connectivity index (χ3v) is 8.37. The molecule has 5 rings (SSSR count). The number of esters is 1. The topological polar surface area (TPSA) is 42.1 Å². The zero-order chi connectivity index (χ0) is 19.3. The quantitative estimate of drug-likeness (QED) is 0.650. The number of carbonyl (C=O) groups is 1. The Labute approximate surface area is 168 Å². The Balaban J connectivity index is 1.38. The second-order valence-corrected chi connectivity index (χ2v) is 9.69. The maximum absolute atomic E-state index is 12.3. The molecule has 2 fully saturated rings. The maximum atomic E-state index is 12.3. The lowest BCUT2D eigenvalue weighted by molar-refractivity contribution is -0.157. The van der Waals surface area contributed by atoms with E-state index in [1.54, 1.807) is 11.1 Å². The van der Waals surface area contributed by atoms with Crippen molar-refractivity contribution in [2.75, 3.05) is 0 Å². The Morgan fingerprint density at radius 2 is 2.11 bits per heavy atom. The van der Waals surface area contributed by atoms with E-state index >= 15 is 0 Å². The van der Waals surface area contributed by atoms with Crippen molar-refractivity contribution in [1.82, 2.24) is 4.98 Å². The van der Waals surface area contributed by atoms with Gasteiger partial charge in [-0.25, -0.2) is 0 Å². The standard InChI is InChI=1S/C25H33NO2/c1-3-4-5-24(27)28-23-11-9-21-19-7-6-17-16(18(19)12-14-25(21,23)2)8-10-22-20(17)13-15-26-22/h8,10,13,15,18-19,21,23,26H,3-7,9,11-12,14H2,1-2H3/t18?,19?,21?,23-,25-/m0/s1. The summed E-state index contributed by atoms with van der Waals surface area (Å²) in [5.74, 6) is 2.17. The van der Waals surface area contributed by atoms with E-state index in [1.807, 2.05) is 0 Å². The van der Waals surface area contributed by atoms with Gasteiger partial charge in [-0.15, -0.1) is 0 Å². The SMILES string of the molecule is CCCCC(=O)O[C@H]1CCC2C3CCc4c(ccc5[nH]ccc45)C3CC[C@@]21C. The first-order chi connectivity index (χ1) is 13.6. The van der Waals surface area contributed by atoms with Crippen LogP contribution in [0.1, 0.15) is 82.3 Å². The van der Waals surface area contributed by atoms with E-state index in [1.165, 1.54) is 43.0 Å². The number of carbonyl (C=O) groups excluding carboxylic acids is 1. The molecule has 2 aromatic rings. The Hall–Kier alpha value is -1.77. The van der Waals surface area contributed by atoms with Crippen LogP contribution in [0, 0.1) is 17.3 Å². The molecule has 3 aliphatic carbocycles. The molecule has 1 heterocycles. The summed E-state index contributed by atoms with van der Waals surface area (Å²) in [7, 11) is 0. The normalized spacial score (nSPS) is 33.9. The molecule has 1 aromatic carbocycles. The number of ether oxygens (including phenoxy) is 1. The van der Waals surface area contributed by atoms with Crippen LogP contribution in [0.25, 0.3) is 10.9 Å². The Morgan fingerprint density at radius 1 is 1.21 bits per heavy atom. The van der Waals surface area contributed by atoms with Gasteiger partial charge in [0.2, 0.25) is 0 Å². The summed E-state index contributed by atoms with van der Waals surface area (Å²) in [6.07, 6.45) is 12.0. The van der Waals surface area contributed by atoms with Gasteiger partial charge in [-0.05, 0) is 86.0 Å². The number of unbranched alkanes of at least 4 members (excludes halogenated alkanes) is 1. The van der Waals surface area contributed by atoms with E-state index < -0.39 is 0 Å². The van der Waals surface area contributed by atoms with Gasteiger partial charge in [-0.2, -0.15) is 0 Å². The third kappa shape index (κ3) is 2.73. The van der Waals surface area contributed by atoms with E-state index in [4.69, 9.17) is 4.74 Å². The molecule has 1 N–H and O–H groups in total. The largest absolute Gasteiger partial charge is 0.462 e. The Kier molecular flexibility index (Phi) is 4.52. The fourth-order valence-corrected chi connectivity index (χ4v) is 6.91. The molecule has 2 saturated carbocycles. The van der Waals surface area contributed by atoms with E-state index in [2.05, 4.69) is 43.2 Å². The van der Waals surface area contributed by atoms with Gasteiger partial charge in [-0.3, -0.25) is 4.79 Å². The second-order valence-electron chi connectivity index (χ2n) is 9.69. The van der Waals surface area contributed by atoms with Crippen LogP contribution in [-0.2, 0) is 16.0 Å². The summed E-state index contributed by atoms with van der Waals surface area (Å²) in [5.41, 5.74) is 4.65. The highest BCUT2D eigenvalue weighted by molar-refractivity contribution is 5.84. The zero-order valence-electron chi connectivity index (χ0n) is 17.3. The van der Waals surface area contributed by atoms with E-state index in [0.29, 0.717) is 18.3 Å². The van der Waals surface area contributed by atoms with Crippen LogP contribution >= 0.6 is 0 Å². The van der Waals surface area contributed by atoms with Gasteiger partial charge in [0.15, 0.2) is 0 Å². The molecule has 0 amide bonds. The molecule has 0 radical (unpaired) electrons. The number of aromatic nitrogens is 1. The molecule has 3 aliphatic rings. The molecular formula is C25H33NO2. The van der Waals surface area contributed by atoms with Crippen molar-refractivity contribution in [1.29, 1.82) is 0 Å². The number of aryl methyl sites for hydroxylation is 1. The fraction of sp³-hybridized carbons (Fsp3) is 0.640. The molecule has 3 heteroatoms. The molecule has 0 saturated heterocycles. The summed E-state index contributed by atoms with van der Waals surface area (Å²) < 4.78 is 6.04. The predicted molar refractivity (Wildman–Crippen MR) is 112 cm³/mol. The van der Waals surface area contributed by atoms with Gasteiger partial charge in [0, 0.05) is 28.9 Å². The molecule has 28 heavy (non-hydrogen) atoms. The van der Waals surface area contributed by atoms with Gasteiger partial charge in [0.1, 0.15) is 6.10 Å². The number of fused-ring (bicyclic) bond motifs is 7. The fourth-order valence-electron chi connectivity index (χ4n) is 6.91. The number of nitrogens with one attached hydrogen (secondary N) is 1. The summed E-state index contributed by atoms with van der Waals surface area (Å²) in [5, 5.41) is 1.43. The molecule has 150 valence electrons. The molecule has 0 spiro atoms. The first-order valence-electron chi connectivity index (χ1n) is 11.4. The van der Waals surface area contributed by atoms with E-state index in [9.17, 15) is 4.79 Å². The molecule has 3 nitrogen and oxygen atoms in total. The average Bonchev–Trinajstić information content (AvgIpc) is 3.30. The van der Waals surface area contributed by atoms with Gasteiger partial charge in [-0.1, -0.05) is 26.3 Å². The minimum Gasteiger partial charge on any atom is -0.462 e. The zero-order valence-corrected chi connectivity index (χ0v) is 17.3. The first-order valence-corrected chi connectivity index (χ1v) is 11.4. The van der Waals surface area contributed by atoms with E-state index in [-0.39, 0.29) is 17.5 Å². The van der Waals surface area contributed by atoms with Crippen molar-refractivity contribution < 1.29 is 9.53 Å². The number of aromatic amines is 1. The van der Waals surface area contributed by atoms with Crippen LogP contribution < -0.4 is 0 Å². The van der Waals surface area contributed by atoms with Gasteiger partial charge >= 0.3 is 5.97 Å². The van der Waals surface area contributed by atoms with Gasteiger partial charge in [0.05, 0.1) is 0 Å². The van der Waals surface area contributed by atoms with Crippen LogP contribution in [0.4, 0.5) is 0 Å². The lowest BCUT2D eigenvalue weighted by Crippen LogP contribution is -2.45. The number of hydrogen-bond acceptors (Lipinski definition) is 2. The number of H-pyrrole nitrogens is 1.